The van der Waals surface area contributed by atoms with Crippen LogP contribution in [0.1, 0.15) is 48.0 Å². The molecule has 0 aliphatic rings. The Kier molecular flexibility index (Phi) is 9.93. The molecule has 4 nitrogen and oxygen atoms in total. The molecule has 1 unspecified atom stereocenters. The van der Waals surface area contributed by atoms with Gasteiger partial charge in [-0.15, -0.1) is 0 Å². The van der Waals surface area contributed by atoms with E-state index in [2.05, 4.69) is 39.8 Å². The number of benzene rings is 1. The largest absolute Gasteiger partial charge is 0.422 e. The van der Waals surface area contributed by atoms with E-state index in [0.29, 0.717) is 31.9 Å². The van der Waals surface area contributed by atoms with Crippen LogP contribution in [0.2, 0.25) is 0 Å². The highest BCUT2D eigenvalue weighted by atomic mass is 31.2. The number of nitrogens with zero attached hydrogens (tertiary/aromatic N) is 2. The van der Waals surface area contributed by atoms with Crippen molar-refractivity contribution in [2.75, 3.05) is 26.2 Å². The smallest absolute Gasteiger partial charge is 0.396 e. The first-order chi connectivity index (χ1) is 12.3. The van der Waals surface area contributed by atoms with Gasteiger partial charge in [-0.1, -0.05) is 55.3 Å². The van der Waals surface area contributed by atoms with Crippen LogP contribution in [0.3, 0.4) is 0 Å². The Morgan fingerprint density at radius 3 is 2.04 bits per heavy atom. The summed E-state index contributed by atoms with van der Waals surface area (Å²) in [6.45, 7) is 15.0. The molecule has 0 saturated carbocycles. The lowest BCUT2D eigenvalue weighted by molar-refractivity contribution is 0.293. The summed E-state index contributed by atoms with van der Waals surface area (Å²) in [7, 11) is -3.18. The third kappa shape index (κ3) is 7.11. The Labute approximate surface area is 160 Å². The van der Waals surface area contributed by atoms with E-state index in [1.54, 1.807) is 0 Å². The average Bonchev–Trinajstić information content (AvgIpc) is 2.59. The Bertz CT molecular complexity index is 633. The molecule has 146 valence electrons. The first-order valence-electron chi connectivity index (χ1n) is 9.45. The lowest BCUT2D eigenvalue weighted by atomic mass is 10.3. The highest BCUT2D eigenvalue weighted by Gasteiger charge is 2.38. The molecule has 0 saturated heterocycles. The second-order valence-electron chi connectivity index (χ2n) is 6.80. The molecule has 26 heavy (non-hydrogen) atoms. The van der Waals surface area contributed by atoms with Gasteiger partial charge in [0.25, 0.3) is 0 Å². The summed E-state index contributed by atoms with van der Waals surface area (Å²) in [4.78, 5) is 0. The third-order valence-electron chi connectivity index (χ3n) is 4.06. The minimum absolute atomic E-state index is 0.613. The van der Waals surface area contributed by atoms with Crippen molar-refractivity contribution in [1.29, 1.82) is 0 Å². The summed E-state index contributed by atoms with van der Waals surface area (Å²) < 4.78 is 24.2. The van der Waals surface area contributed by atoms with Crippen molar-refractivity contribution >= 4 is 7.67 Å². The minimum atomic E-state index is -3.18. The van der Waals surface area contributed by atoms with E-state index in [-0.39, 0.29) is 0 Å². The summed E-state index contributed by atoms with van der Waals surface area (Å²) in [6, 6.07) is 9.48. The molecule has 1 aromatic carbocycles. The Balaban J connectivity index is 3.17. The molecule has 0 aliphatic carbocycles. The van der Waals surface area contributed by atoms with Crippen LogP contribution < -0.4 is 4.52 Å². The van der Waals surface area contributed by atoms with Gasteiger partial charge in [0.15, 0.2) is 0 Å². The van der Waals surface area contributed by atoms with Crippen molar-refractivity contribution in [3.63, 3.8) is 0 Å². The SMILES string of the molecule is CCN(CC=C(C)C)P(=O)(Oc1ccccc1)N(CC)CCC=C(C)C. The molecule has 0 spiro atoms. The minimum Gasteiger partial charge on any atom is -0.422 e. The monoisotopic (exact) mass is 378 g/mol. The van der Waals surface area contributed by atoms with Crippen molar-refractivity contribution in [3.05, 3.63) is 53.6 Å². The first kappa shape index (κ1) is 22.7. The van der Waals surface area contributed by atoms with E-state index >= 15 is 0 Å². The zero-order valence-corrected chi connectivity index (χ0v) is 18.1. The van der Waals surface area contributed by atoms with Crippen LogP contribution in [0.4, 0.5) is 0 Å². The second-order valence-corrected chi connectivity index (χ2v) is 9.09. The van der Waals surface area contributed by atoms with E-state index in [1.807, 2.05) is 53.5 Å². The normalized spacial score (nSPS) is 13.4. The van der Waals surface area contributed by atoms with Gasteiger partial charge in [0.1, 0.15) is 5.75 Å². The molecule has 0 amide bonds. The van der Waals surface area contributed by atoms with Crippen molar-refractivity contribution < 1.29 is 9.09 Å². The maximum Gasteiger partial charge on any atom is 0.396 e. The van der Waals surface area contributed by atoms with Gasteiger partial charge in [-0.2, -0.15) is 0 Å². The maximum atomic E-state index is 14.1. The average molecular weight is 378 g/mol. The summed E-state index contributed by atoms with van der Waals surface area (Å²) in [6.07, 6.45) is 5.15. The fraction of sp³-hybridized carbons (Fsp3) is 0.524. The van der Waals surface area contributed by atoms with Crippen LogP contribution in [-0.4, -0.2) is 35.5 Å². The van der Waals surface area contributed by atoms with Crippen LogP contribution in [0.25, 0.3) is 0 Å². The van der Waals surface area contributed by atoms with E-state index in [4.69, 9.17) is 4.52 Å². The Hall–Kier alpha value is -1.35. The van der Waals surface area contributed by atoms with Crippen molar-refractivity contribution in [2.24, 2.45) is 0 Å². The number of rotatable bonds is 11. The van der Waals surface area contributed by atoms with Crippen LogP contribution in [0, 0.1) is 0 Å². The van der Waals surface area contributed by atoms with Gasteiger partial charge >= 0.3 is 7.67 Å². The molecule has 1 aromatic rings. The van der Waals surface area contributed by atoms with Crippen molar-refractivity contribution in [3.8, 4) is 5.75 Å². The molecular formula is C21H35N2O2P. The Morgan fingerprint density at radius 2 is 1.54 bits per heavy atom. The van der Waals surface area contributed by atoms with E-state index < -0.39 is 7.67 Å². The molecule has 0 aromatic heterocycles. The molecule has 1 rings (SSSR count). The third-order valence-corrected chi connectivity index (χ3v) is 6.87. The highest BCUT2D eigenvalue weighted by molar-refractivity contribution is 7.54. The van der Waals surface area contributed by atoms with Gasteiger partial charge in [0.2, 0.25) is 0 Å². The number of allylic oxidation sites excluding steroid dienone is 2. The molecule has 0 aliphatic heterocycles. The van der Waals surface area contributed by atoms with Gasteiger partial charge in [0, 0.05) is 26.2 Å². The molecule has 0 fully saturated rings. The summed E-state index contributed by atoms with van der Waals surface area (Å²) >= 11 is 0. The summed E-state index contributed by atoms with van der Waals surface area (Å²) in [5.74, 6) is 0.646. The predicted octanol–water partition coefficient (Wildman–Crippen LogP) is 6.14. The first-order valence-corrected chi connectivity index (χ1v) is 11.0. The summed E-state index contributed by atoms with van der Waals surface area (Å²) in [5, 5.41) is 0. The number of hydrogen-bond acceptors (Lipinski definition) is 2. The van der Waals surface area contributed by atoms with Crippen molar-refractivity contribution in [1.82, 2.24) is 9.34 Å². The molecule has 0 bridgehead atoms. The van der Waals surface area contributed by atoms with Gasteiger partial charge in [-0.05, 0) is 46.2 Å². The van der Waals surface area contributed by atoms with E-state index in [0.717, 1.165) is 6.42 Å². The zero-order valence-electron chi connectivity index (χ0n) is 17.2. The lowest BCUT2D eigenvalue weighted by Gasteiger charge is -2.37. The molecule has 5 heteroatoms. The highest BCUT2D eigenvalue weighted by Crippen LogP contribution is 2.54. The van der Waals surface area contributed by atoms with Gasteiger partial charge in [0.05, 0.1) is 0 Å². The zero-order chi connectivity index (χ0) is 19.6. The van der Waals surface area contributed by atoms with E-state index in [1.165, 1.54) is 11.1 Å². The molecule has 1 atom stereocenters. The summed E-state index contributed by atoms with van der Waals surface area (Å²) in [5.41, 5.74) is 2.49. The van der Waals surface area contributed by atoms with Crippen LogP contribution >= 0.6 is 7.67 Å². The van der Waals surface area contributed by atoms with Gasteiger partial charge < -0.3 is 4.52 Å². The van der Waals surface area contributed by atoms with Crippen molar-refractivity contribution in [2.45, 2.75) is 48.0 Å². The fourth-order valence-corrected chi connectivity index (χ4v) is 4.93. The van der Waals surface area contributed by atoms with Crippen LogP contribution in [0.15, 0.2) is 53.6 Å². The Morgan fingerprint density at radius 1 is 0.962 bits per heavy atom. The molecule has 0 radical (unpaired) electrons. The van der Waals surface area contributed by atoms with Gasteiger partial charge in [-0.3, -0.25) is 0 Å². The number of para-hydroxylation sites is 1. The van der Waals surface area contributed by atoms with Crippen LogP contribution in [0.5, 0.6) is 5.75 Å². The fourth-order valence-electron chi connectivity index (χ4n) is 2.58. The lowest BCUT2D eigenvalue weighted by Crippen LogP contribution is -2.35. The quantitative estimate of drug-likeness (QED) is 0.342. The number of likely N-dealkylation sites (N-methyl/N-ethyl adjacent to an activating group) is 1. The molecular weight excluding hydrogens is 343 g/mol. The topological polar surface area (TPSA) is 32.8 Å². The van der Waals surface area contributed by atoms with Gasteiger partial charge in [-0.25, -0.2) is 13.9 Å². The maximum absolute atomic E-state index is 14.1. The van der Waals surface area contributed by atoms with Crippen LogP contribution in [-0.2, 0) is 4.57 Å². The second kappa shape index (κ2) is 11.4. The molecule has 0 heterocycles. The van der Waals surface area contributed by atoms with E-state index in [9.17, 15) is 4.57 Å². The molecule has 0 N–H and O–H groups in total. The standard InChI is InChI=1S/C21H35N2O2P/c1-7-22(17-12-13-19(3)4)26(24,23(8-2)18-16-20(5)6)25-21-14-10-9-11-15-21/h9-11,13-16H,7-8,12,17-18H2,1-6H3. The number of hydrogen-bond donors (Lipinski definition) is 0. The predicted molar refractivity (Wildman–Crippen MR) is 113 cm³/mol.